The van der Waals surface area contributed by atoms with Crippen molar-refractivity contribution in [1.29, 1.82) is 0 Å². The van der Waals surface area contributed by atoms with Crippen molar-refractivity contribution in [3.05, 3.63) is 35.9 Å². The fourth-order valence-electron chi connectivity index (χ4n) is 6.14. The zero-order valence-electron chi connectivity index (χ0n) is 16.0. The summed E-state index contributed by atoms with van der Waals surface area (Å²) < 4.78 is 13.1. The lowest BCUT2D eigenvalue weighted by molar-refractivity contribution is -0.199. The first-order valence-corrected chi connectivity index (χ1v) is 10.1. The minimum absolute atomic E-state index is 0.0328. The number of rotatable bonds is 2. The molecule has 0 radical (unpaired) electrons. The topological polar surface area (TPSA) is 38.8 Å². The van der Waals surface area contributed by atoms with Gasteiger partial charge in [-0.15, -0.1) is 0 Å². The van der Waals surface area contributed by atoms with Gasteiger partial charge in [0.25, 0.3) is 5.91 Å². The number of benzene rings is 1. The molecule has 0 unspecified atom stereocenters. The monoisotopic (exact) mass is 353 g/mol. The van der Waals surface area contributed by atoms with Gasteiger partial charge in [0.05, 0.1) is 17.6 Å². The lowest BCUT2D eigenvalue weighted by Crippen LogP contribution is -2.65. The Bertz CT molecular complexity index is 723. The molecule has 26 heavy (non-hydrogen) atoms. The zero-order valence-corrected chi connectivity index (χ0v) is 16.0. The van der Waals surface area contributed by atoms with Crippen LogP contribution in [0.5, 0.6) is 0 Å². The molecule has 2 aliphatic heterocycles. The summed E-state index contributed by atoms with van der Waals surface area (Å²) in [7, 11) is -0.282. The molecule has 2 heterocycles. The van der Waals surface area contributed by atoms with Crippen LogP contribution in [0.25, 0.3) is 0 Å². The van der Waals surface area contributed by atoms with Gasteiger partial charge in [-0.25, -0.2) is 0 Å². The molecule has 138 valence electrons. The van der Waals surface area contributed by atoms with Crippen molar-refractivity contribution in [2.45, 2.75) is 64.1 Å². The summed E-state index contributed by atoms with van der Waals surface area (Å²) >= 11 is 0. The molecule has 1 aromatic carbocycles. The van der Waals surface area contributed by atoms with Crippen molar-refractivity contribution in [3.8, 4) is 0 Å². The molecule has 5 heteroatoms. The molecule has 0 N–H and O–H groups in total. The van der Waals surface area contributed by atoms with Gasteiger partial charge in [0.15, 0.2) is 0 Å². The van der Waals surface area contributed by atoms with E-state index in [9.17, 15) is 4.79 Å². The highest BCUT2D eigenvalue weighted by molar-refractivity contribution is 6.48. The summed E-state index contributed by atoms with van der Waals surface area (Å²) in [6.45, 7) is 7.80. The Morgan fingerprint density at radius 2 is 1.96 bits per heavy atom. The van der Waals surface area contributed by atoms with Crippen molar-refractivity contribution in [3.63, 3.8) is 0 Å². The summed E-state index contributed by atoms with van der Waals surface area (Å²) in [6.07, 6.45) is 4.51. The van der Waals surface area contributed by atoms with Crippen LogP contribution >= 0.6 is 0 Å². The van der Waals surface area contributed by atoms with Crippen LogP contribution < -0.4 is 0 Å². The maximum Gasteiger partial charge on any atom is 0.481 e. The van der Waals surface area contributed by atoms with Gasteiger partial charge >= 0.3 is 7.12 Å². The summed E-state index contributed by atoms with van der Waals surface area (Å²) in [6, 6.07) is 9.58. The molecule has 4 nitrogen and oxygen atoms in total. The average molecular weight is 353 g/mol. The molecule has 1 amide bonds. The Labute approximate surface area is 156 Å². The van der Waals surface area contributed by atoms with E-state index >= 15 is 0 Å². The minimum Gasteiger partial charge on any atom is -0.404 e. The number of hydrogen-bond acceptors (Lipinski definition) is 3. The summed E-state index contributed by atoms with van der Waals surface area (Å²) in [5, 5.41) is 0. The van der Waals surface area contributed by atoms with E-state index in [-0.39, 0.29) is 30.7 Å². The Morgan fingerprint density at radius 1 is 1.19 bits per heavy atom. The van der Waals surface area contributed by atoms with Crippen LogP contribution in [0.4, 0.5) is 0 Å². The number of carbonyl (C=O) groups excluding carboxylic acids is 1. The molecule has 0 aromatic heterocycles. The summed E-state index contributed by atoms with van der Waals surface area (Å²) in [5.41, 5.74) is 0.899. The van der Waals surface area contributed by atoms with E-state index in [1.54, 1.807) is 0 Å². The van der Waals surface area contributed by atoms with Crippen molar-refractivity contribution < 1.29 is 14.1 Å². The minimum atomic E-state index is -0.282. The first-order valence-electron chi connectivity index (χ1n) is 10.1. The Balaban J connectivity index is 1.37. The van der Waals surface area contributed by atoms with E-state index in [0.717, 1.165) is 37.3 Å². The Morgan fingerprint density at radius 3 is 2.69 bits per heavy atom. The zero-order chi connectivity index (χ0) is 18.1. The maximum absolute atomic E-state index is 13.0. The summed E-state index contributed by atoms with van der Waals surface area (Å²) in [4.78, 5) is 15.0. The molecular weight excluding hydrogens is 325 g/mol. The molecule has 6 rings (SSSR count). The number of carbonyl (C=O) groups is 1. The predicted molar refractivity (Wildman–Crippen MR) is 101 cm³/mol. The normalized spacial score (nSPS) is 40.3. The van der Waals surface area contributed by atoms with Gasteiger partial charge in [-0.3, -0.25) is 4.79 Å². The van der Waals surface area contributed by atoms with Gasteiger partial charge in [-0.1, -0.05) is 32.0 Å². The second-order valence-corrected chi connectivity index (χ2v) is 9.41. The molecular formula is C21H28BNO3. The standard InChI is InChI=1S/C21H28BNO3/c1-20(2)15-12-16(20)21(3)17(13-15)25-22(26-21)18-10-7-11-23(18)19(24)14-8-5-4-6-9-14/h4-6,8-9,15-18H,7,10-13H2,1-3H3/t15-,16-,17+,18-,21-/m0/s1. The van der Waals surface area contributed by atoms with Crippen LogP contribution in [-0.4, -0.2) is 42.1 Å². The van der Waals surface area contributed by atoms with Gasteiger partial charge in [0, 0.05) is 12.1 Å². The van der Waals surface area contributed by atoms with Crippen LogP contribution in [0.1, 0.15) is 56.8 Å². The first-order chi connectivity index (χ1) is 12.4. The second-order valence-electron chi connectivity index (χ2n) is 9.41. The van der Waals surface area contributed by atoms with Crippen LogP contribution in [0.2, 0.25) is 0 Å². The van der Waals surface area contributed by atoms with Crippen molar-refractivity contribution >= 4 is 13.0 Å². The second kappa shape index (κ2) is 5.59. The third-order valence-electron chi connectivity index (χ3n) is 7.86. The highest BCUT2D eigenvalue weighted by Gasteiger charge is 2.69. The van der Waals surface area contributed by atoms with E-state index in [1.807, 2.05) is 35.2 Å². The molecule has 5 aliphatic rings. The highest BCUT2D eigenvalue weighted by Crippen LogP contribution is 2.65. The molecule has 2 bridgehead atoms. The molecule has 3 saturated carbocycles. The number of nitrogens with zero attached hydrogens (tertiary/aromatic N) is 1. The highest BCUT2D eigenvalue weighted by atomic mass is 16.7. The Hall–Kier alpha value is -1.33. The first kappa shape index (κ1) is 16.8. The molecule has 0 spiro atoms. The van der Waals surface area contributed by atoms with Crippen molar-refractivity contribution in [2.75, 3.05) is 6.54 Å². The van der Waals surface area contributed by atoms with Gasteiger partial charge in [0.1, 0.15) is 0 Å². The van der Waals surface area contributed by atoms with E-state index in [2.05, 4.69) is 20.8 Å². The molecule has 5 atom stereocenters. The van der Waals surface area contributed by atoms with E-state index in [4.69, 9.17) is 9.31 Å². The molecule has 3 aliphatic carbocycles. The molecule has 1 aromatic rings. The number of amides is 1. The SMILES string of the molecule is CC1(C)[C@@H]2C[C@H]3OB([C@@H]4CCCN4C(=O)c4ccccc4)O[C@@]3(C)[C@H]1C2. The lowest BCUT2D eigenvalue weighted by atomic mass is 9.43. The predicted octanol–water partition coefficient (Wildman–Crippen LogP) is 3.56. The quantitative estimate of drug-likeness (QED) is 0.763. The molecule has 5 fully saturated rings. The number of likely N-dealkylation sites (tertiary alicyclic amines) is 1. The van der Waals surface area contributed by atoms with Crippen molar-refractivity contribution in [1.82, 2.24) is 4.90 Å². The van der Waals surface area contributed by atoms with Gasteiger partial charge in [-0.05, 0) is 62.0 Å². The lowest BCUT2D eigenvalue weighted by Gasteiger charge is -2.64. The fourth-order valence-corrected chi connectivity index (χ4v) is 6.14. The Kier molecular flexibility index (Phi) is 3.61. The van der Waals surface area contributed by atoms with Crippen LogP contribution in [0, 0.1) is 17.3 Å². The molecule has 2 saturated heterocycles. The summed E-state index contributed by atoms with van der Waals surface area (Å²) in [5.74, 6) is 1.44. The van der Waals surface area contributed by atoms with E-state index in [1.165, 1.54) is 6.42 Å². The van der Waals surface area contributed by atoms with E-state index in [0.29, 0.717) is 11.3 Å². The van der Waals surface area contributed by atoms with Crippen LogP contribution in [0.3, 0.4) is 0 Å². The number of hydrogen-bond donors (Lipinski definition) is 0. The third-order valence-corrected chi connectivity index (χ3v) is 7.86. The van der Waals surface area contributed by atoms with Gasteiger partial charge in [0.2, 0.25) is 0 Å². The van der Waals surface area contributed by atoms with Gasteiger partial charge < -0.3 is 14.2 Å². The van der Waals surface area contributed by atoms with Crippen molar-refractivity contribution in [2.24, 2.45) is 17.3 Å². The van der Waals surface area contributed by atoms with Gasteiger partial charge in [-0.2, -0.15) is 0 Å². The van der Waals surface area contributed by atoms with Crippen LogP contribution in [0.15, 0.2) is 30.3 Å². The third kappa shape index (κ3) is 2.19. The van der Waals surface area contributed by atoms with Crippen LogP contribution in [-0.2, 0) is 9.31 Å². The smallest absolute Gasteiger partial charge is 0.404 e. The average Bonchev–Trinajstić information content (AvgIpc) is 3.24. The largest absolute Gasteiger partial charge is 0.481 e. The maximum atomic E-state index is 13.0. The van der Waals surface area contributed by atoms with E-state index < -0.39 is 0 Å². The fraction of sp³-hybridized carbons (Fsp3) is 0.667.